The lowest BCUT2D eigenvalue weighted by Gasteiger charge is -2.05. The summed E-state index contributed by atoms with van der Waals surface area (Å²) in [6, 6.07) is 12.9. The summed E-state index contributed by atoms with van der Waals surface area (Å²) in [5, 5.41) is 15.1. The number of aromatic nitrogens is 4. The zero-order valence-electron chi connectivity index (χ0n) is 17.5. The van der Waals surface area contributed by atoms with E-state index < -0.39 is 0 Å². The van der Waals surface area contributed by atoms with Crippen molar-refractivity contribution >= 4 is 17.1 Å². The second kappa shape index (κ2) is 8.31. The van der Waals surface area contributed by atoms with Gasteiger partial charge in [-0.3, -0.25) is 4.79 Å². The zero-order valence-corrected chi connectivity index (χ0v) is 18.3. The summed E-state index contributed by atoms with van der Waals surface area (Å²) in [4.78, 5) is 17.8. The predicted octanol–water partition coefficient (Wildman–Crippen LogP) is 4.46. The van der Waals surface area contributed by atoms with Crippen LogP contribution in [0.2, 0.25) is 5.02 Å². The summed E-state index contributed by atoms with van der Waals surface area (Å²) >= 11 is 5.95. The molecule has 0 aliphatic rings. The number of hydrogen-bond donors (Lipinski definition) is 1. The van der Waals surface area contributed by atoms with Crippen molar-refractivity contribution in [2.24, 2.45) is 0 Å². The number of benzene rings is 2. The standard InChI is InChI=1S/C24H18ClFN4O3/c1-14-20(27-23(33-14)16-2-6-17(25)7-3-16)12-29-10-11-30-22(24(29)32)19(13-31)21(28-30)15-4-8-18(26)9-5-15/h2-11,31H,12-13H2,1H3. The summed E-state index contributed by atoms with van der Waals surface area (Å²) in [7, 11) is 0. The quantitative estimate of drug-likeness (QED) is 0.415. The Kier molecular flexibility index (Phi) is 5.32. The van der Waals surface area contributed by atoms with Gasteiger partial charge in [-0.05, 0) is 55.5 Å². The van der Waals surface area contributed by atoms with Crippen LogP contribution in [-0.2, 0) is 13.2 Å². The molecule has 0 fully saturated rings. The number of aliphatic hydroxyl groups excluding tert-OH is 1. The lowest BCUT2D eigenvalue weighted by Crippen LogP contribution is -2.23. The minimum atomic E-state index is -0.390. The van der Waals surface area contributed by atoms with Gasteiger partial charge in [0.05, 0.1) is 18.8 Å². The summed E-state index contributed by atoms with van der Waals surface area (Å²) in [5.74, 6) is 0.651. The van der Waals surface area contributed by atoms with Gasteiger partial charge in [0.2, 0.25) is 5.89 Å². The normalized spacial score (nSPS) is 11.4. The number of hydrogen-bond acceptors (Lipinski definition) is 5. The maximum absolute atomic E-state index is 13.3. The fraction of sp³-hybridized carbons (Fsp3) is 0.125. The number of aliphatic hydroxyl groups is 1. The van der Waals surface area contributed by atoms with E-state index in [0.29, 0.717) is 39.2 Å². The van der Waals surface area contributed by atoms with Crippen molar-refractivity contribution in [3.8, 4) is 22.7 Å². The zero-order chi connectivity index (χ0) is 23.1. The van der Waals surface area contributed by atoms with E-state index in [9.17, 15) is 14.3 Å². The Morgan fingerprint density at radius 2 is 1.76 bits per heavy atom. The van der Waals surface area contributed by atoms with Crippen molar-refractivity contribution < 1.29 is 13.9 Å². The van der Waals surface area contributed by atoms with Gasteiger partial charge in [-0.25, -0.2) is 13.9 Å². The summed E-state index contributed by atoms with van der Waals surface area (Å²) < 4.78 is 22.0. The Bertz CT molecular complexity index is 1520. The number of halogens is 2. The molecule has 1 N–H and O–H groups in total. The Morgan fingerprint density at radius 1 is 1.06 bits per heavy atom. The molecule has 0 radical (unpaired) electrons. The molecule has 166 valence electrons. The van der Waals surface area contributed by atoms with Crippen molar-refractivity contribution in [3.05, 3.63) is 99.1 Å². The molecule has 33 heavy (non-hydrogen) atoms. The molecule has 5 aromatic rings. The van der Waals surface area contributed by atoms with Crippen LogP contribution in [-0.4, -0.2) is 24.3 Å². The van der Waals surface area contributed by atoms with Crippen LogP contribution in [0.4, 0.5) is 4.39 Å². The molecule has 0 unspecified atom stereocenters. The van der Waals surface area contributed by atoms with Crippen LogP contribution in [0.5, 0.6) is 0 Å². The molecular weight excluding hydrogens is 447 g/mol. The predicted molar refractivity (Wildman–Crippen MR) is 122 cm³/mol. The number of oxazole rings is 1. The molecule has 9 heteroatoms. The first kappa shape index (κ1) is 21.1. The topological polar surface area (TPSA) is 85.6 Å². The molecule has 0 saturated carbocycles. The Hall–Kier alpha value is -3.75. The van der Waals surface area contributed by atoms with Crippen LogP contribution < -0.4 is 5.56 Å². The Balaban J connectivity index is 1.55. The van der Waals surface area contributed by atoms with Crippen LogP contribution in [0.15, 0.2) is 70.1 Å². The number of fused-ring (bicyclic) bond motifs is 1. The van der Waals surface area contributed by atoms with E-state index in [4.69, 9.17) is 16.0 Å². The van der Waals surface area contributed by atoms with Gasteiger partial charge in [0.15, 0.2) is 0 Å². The van der Waals surface area contributed by atoms with Gasteiger partial charge in [-0.2, -0.15) is 5.10 Å². The third-order valence-corrected chi connectivity index (χ3v) is 5.69. The molecule has 3 aromatic heterocycles. The van der Waals surface area contributed by atoms with Crippen LogP contribution in [0.25, 0.3) is 28.2 Å². The van der Waals surface area contributed by atoms with Gasteiger partial charge >= 0.3 is 0 Å². The molecule has 0 atom stereocenters. The third-order valence-electron chi connectivity index (χ3n) is 5.44. The van der Waals surface area contributed by atoms with Crippen molar-refractivity contribution in [2.75, 3.05) is 0 Å². The first-order valence-electron chi connectivity index (χ1n) is 10.1. The van der Waals surface area contributed by atoms with Gasteiger partial charge in [-0.1, -0.05) is 11.6 Å². The lowest BCUT2D eigenvalue weighted by atomic mass is 10.1. The van der Waals surface area contributed by atoms with Crippen molar-refractivity contribution in [1.82, 2.24) is 19.2 Å². The van der Waals surface area contributed by atoms with E-state index >= 15 is 0 Å². The van der Waals surface area contributed by atoms with E-state index in [1.165, 1.54) is 21.2 Å². The summed E-state index contributed by atoms with van der Waals surface area (Å²) in [6.45, 7) is 1.58. The van der Waals surface area contributed by atoms with Gasteiger partial charge in [0, 0.05) is 34.1 Å². The average molecular weight is 465 g/mol. The van der Waals surface area contributed by atoms with Gasteiger partial charge in [-0.15, -0.1) is 0 Å². The van der Waals surface area contributed by atoms with E-state index in [0.717, 1.165) is 5.56 Å². The van der Waals surface area contributed by atoms with E-state index in [2.05, 4.69) is 10.1 Å². The van der Waals surface area contributed by atoms with E-state index in [1.54, 1.807) is 43.6 Å². The highest BCUT2D eigenvalue weighted by Gasteiger charge is 2.19. The highest BCUT2D eigenvalue weighted by Crippen LogP contribution is 2.26. The highest BCUT2D eigenvalue weighted by molar-refractivity contribution is 6.30. The molecule has 5 rings (SSSR count). The molecule has 0 amide bonds. The van der Waals surface area contributed by atoms with Crippen LogP contribution in [0.1, 0.15) is 17.0 Å². The molecule has 0 aliphatic carbocycles. The highest BCUT2D eigenvalue weighted by atomic mass is 35.5. The van der Waals surface area contributed by atoms with Gasteiger partial charge in [0.1, 0.15) is 22.8 Å². The monoisotopic (exact) mass is 464 g/mol. The third kappa shape index (κ3) is 3.83. The molecule has 3 heterocycles. The van der Waals surface area contributed by atoms with Crippen LogP contribution in [0, 0.1) is 12.7 Å². The first-order chi connectivity index (χ1) is 15.9. The second-order valence-electron chi connectivity index (χ2n) is 7.55. The lowest BCUT2D eigenvalue weighted by molar-refractivity contribution is 0.283. The van der Waals surface area contributed by atoms with Crippen LogP contribution in [0.3, 0.4) is 0 Å². The summed E-state index contributed by atoms with van der Waals surface area (Å²) in [5.41, 5.74) is 2.70. The van der Waals surface area contributed by atoms with E-state index in [-0.39, 0.29) is 30.0 Å². The number of aryl methyl sites for hydroxylation is 1. The fourth-order valence-corrected chi connectivity index (χ4v) is 3.84. The van der Waals surface area contributed by atoms with Crippen molar-refractivity contribution in [1.29, 1.82) is 0 Å². The molecule has 0 spiro atoms. The molecule has 0 bridgehead atoms. The molecule has 7 nitrogen and oxygen atoms in total. The number of nitrogens with zero attached hydrogens (tertiary/aromatic N) is 4. The fourth-order valence-electron chi connectivity index (χ4n) is 3.72. The average Bonchev–Trinajstić information content (AvgIpc) is 3.37. The van der Waals surface area contributed by atoms with Crippen molar-refractivity contribution in [2.45, 2.75) is 20.1 Å². The Morgan fingerprint density at radius 3 is 2.45 bits per heavy atom. The minimum absolute atomic E-state index is 0.181. The molecule has 0 saturated heterocycles. The summed E-state index contributed by atoms with van der Waals surface area (Å²) in [6.07, 6.45) is 3.24. The van der Waals surface area contributed by atoms with Crippen molar-refractivity contribution in [3.63, 3.8) is 0 Å². The maximum atomic E-state index is 13.3. The minimum Gasteiger partial charge on any atom is -0.441 e. The Labute approximate surface area is 192 Å². The SMILES string of the molecule is Cc1oc(-c2ccc(Cl)cc2)nc1Cn1ccn2nc(-c3ccc(F)cc3)c(CO)c2c1=O. The largest absolute Gasteiger partial charge is 0.441 e. The van der Waals surface area contributed by atoms with Crippen LogP contribution >= 0.6 is 11.6 Å². The van der Waals surface area contributed by atoms with Gasteiger partial charge < -0.3 is 14.1 Å². The van der Waals surface area contributed by atoms with Gasteiger partial charge in [0.25, 0.3) is 5.56 Å². The molecule has 2 aromatic carbocycles. The maximum Gasteiger partial charge on any atom is 0.277 e. The smallest absolute Gasteiger partial charge is 0.277 e. The molecule has 0 aliphatic heterocycles. The van der Waals surface area contributed by atoms with E-state index in [1.807, 2.05) is 12.1 Å². The second-order valence-corrected chi connectivity index (χ2v) is 7.98. The first-order valence-corrected chi connectivity index (χ1v) is 10.5. The molecular formula is C24H18ClFN4O3. The number of rotatable bonds is 5.